The number of benzene rings is 2. The minimum atomic E-state index is -3.42. The van der Waals surface area contributed by atoms with Gasteiger partial charge in [0.1, 0.15) is 19.2 Å². The first-order chi connectivity index (χ1) is 18.1. The molecular weight excluding hydrogens is 522 g/mol. The van der Waals surface area contributed by atoms with Crippen molar-refractivity contribution in [1.29, 1.82) is 5.26 Å². The number of rotatable bonds is 12. The van der Waals surface area contributed by atoms with Crippen LogP contribution in [0.5, 0.6) is 0 Å². The first kappa shape index (κ1) is 31.1. The molecule has 2 rings (SSSR count). The van der Waals surface area contributed by atoms with Crippen LogP contribution in [0.2, 0.25) is 0 Å². The summed E-state index contributed by atoms with van der Waals surface area (Å²) in [7, 11) is -3.42. The molecule has 0 aliphatic carbocycles. The molecule has 0 unspecified atom stereocenters. The summed E-state index contributed by atoms with van der Waals surface area (Å²) in [5.74, 6) is -1.48. The van der Waals surface area contributed by atoms with E-state index in [4.69, 9.17) is 14.7 Å². The van der Waals surface area contributed by atoms with Crippen molar-refractivity contribution in [3.8, 4) is 6.07 Å². The molecule has 0 radical (unpaired) electrons. The lowest BCUT2D eigenvalue weighted by Gasteiger charge is -2.26. The highest BCUT2D eigenvalue weighted by molar-refractivity contribution is 7.92. The predicted octanol–water partition coefficient (Wildman–Crippen LogP) is 3.87. The number of sulfonamides is 1. The van der Waals surface area contributed by atoms with Crippen LogP contribution in [0.3, 0.4) is 0 Å². The van der Waals surface area contributed by atoms with E-state index in [1.807, 2.05) is 13.0 Å². The number of ketones is 1. The Bertz CT molecular complexity index is 1390. The molecular formula is C28H33N3O7S. The van der Waals surface area contributed by atoms with Gasteiger partial charge in [0.15, 0.2) is 11.4 Å². The van der Waals surface area contributed by atoms with E-state index in [1.54, 1.807) is 38.1 Å². The lowest BCUT2D eigenvalue weighted by molar-refractivity contribution is -0.150. The van der Waals surface area contributed by atoms with Crippen LogP contribution in [0.15, 0.2) is 48.5 Å². The van der Waals surface area contributed by atoms with Crippen LogP contribution in [0.25, 0.3) is 6.08 Å². The topological polar surface area (TPSA) is 143 Å². The minimum absolute atomic E-state index is 0.211. The zero-order valence-corrected chi connectivity index (χ0v) is 23.7. The number of carbonyl (C=O) groups excluding carboxylic acids is 3. The molecule has 0 aliphatic heterocycles. The highest BCUT2D eigenvalue weighted by Gasteiger charge is 2.25. The van der Waals surface area contributed by atoms with Crippen molar-refractivity contribution in [3.05, 3.63) is 65.2 Å². The molecule has 0 spiro atoms. The molecule has 2 aromatic rings. The van der Waals surface area contributed by atoms with Crippen molar-refractivity contribution in [2.75, 3.05) is 29.0 Å². The molecule has 0 saturated carbocycles. The van der Waals surface area contributed by atoms with Gasteiger partial charge in [0, 0.05) is 16.9 Å². The molecule has 0 aromatic heterocycles. The van der Waals surface area contributed by atoms with Gasteiger partial charge in [-0.3, -0.25) is 19.1 Å². The van der Waals surface area contributed by atoms with Crippen molar-refractivity contribution < 1.29 is 32.3 Å². The molecule has 0 bridgehead atoms. The second-order valence-corrected chi connectivity index (χ2v) is 11.4. The van der Waals surface area contributed by atoms with Crippen LogP contribution in [0.1, 0.15) is 49.2 Å². The van der Waals surface area contributed by atoms with E-state index in [-0.39, 0.29) is 25.0 Å². The van der Waals surface area contributed by atoms with Gasteiger partial charge in [-0.1, -0.05) is 12.1 Å². The van der Waals surface area contributed by atoms with E-state index in [1.165, 1.54) is 49.1 Å². The molecule has 1 N–H and O–H groups in total. The highest BCUT2D eigenvalue weighted by atomic mass is 32.2. The number of nitrogens with zero attached hydrogens (tertiary/aromatic N) is 2. The van der Waals surface area contributed by atoms with Crippen molar-refractivity contribution in [3.63, 3.8) is 0 Å². The number of hydrogen-bond acceptors (Lipinski definition) is 9. The van der Waals surface area contributed by atoms with Gasteiger partial charge < -0.3 is 14.4 Å². The second-order valence-electron chi connectivity index (χ2n) is 9.68. The molecule has 2 aromatic carbocycles. The Labute approximate surface area is 229 Å². The number of nitrogens with one attached hydrogen (secondary N) is 1. The van der Waals surface area contributed by atoms with Gasteiger partial charge in [-0.15, -0.1) is 0 Å². The Morgan fingerprint density at radius 1 is 1.08 bits per heavy atom. The van der Waals surface area contributed by atoms with Crippen LogP contribution < -0.4 is 9.62 Å². The summed E-state index contributed by atoms with van der Waals surface area (Å²) in [6.07, 6.45) is 3.76. The molecule has 11 heteroatoms. The Balaban J connectivity index is 2.22. The third kappa shape index (κ3) is 10.6. The van der Waals surface area contributed by atoms with E-state index in [9.17, 15) is 22.8 Å². The van der Waals surface area contributed by atoms with Gasteiger partial charge in [-0.25, -0.2) is 8.42 Å². The Kier molecular flexibility index (Phi) is 10.4. The molecule has 0 aliphatic rings. The summed E-state index contributed by atoms with van der Waals surface area (Å²) in [5, 5.41) is 9.15. The van der Waals surface area contributed by atoms with Gasteiger partial charge in [0.25, 0.3) is 0 Å². The number of anilines is 2. The van der Waals surface area contributed by atoms with Crippen LogP contribution in [0.4, 0.5) is 11.4 Å². The van der Waals surface area contributed by atoms with E-state index in [0.717, 1.165) is 17.4 Å². The fraction of sp³-hybridized carbons (Fsp3) is 0.357. The summed E-state index contributed by atoms with van der Waals surface area (Å²) < 4.78 is 35.5. The molecule has 10 nitrogen and oxygen atoms in total. The molecule has 0 fully saturated rings. The normalized spacial score (nSPS) is 11.6. The van der Waals surface area contributed by atoms with E-state index in [0.29, 0.717) is 16.9 Å². The summed E-state index contributed by atoms with van der Waals surface area (Å²) in [4.78, 5) is 39.0. The zero-order valence-electron chi connectivity index (χ0n) is 22.8. The number of carbonyl (C=O) groups is 3. The van der Waals surface area contributed by atoms with Crippen LogP contribution in [-0.2, 0) is 29.1 Å². The zero-order chi connectivity index (χ0) is 29.4. The summed E-state index contributed by atoms with van der Waals surface area (Å²) in [5.41, 5.74) is 1.48. The minimum Gasteiger partial charge on any atom is -0.462 e. The number of allylic oxidation sites excluding steroid dienone is 1. The van der Waals surface area contributed by atoms with Crippen LogP contribution >= 0.6 is 0 Å². The van der Waals surface area contributed by atoms with Gasteiger partial charge >= 0.3 is 11.9 Å². The first-order valence-electron chi connectivity index (χ1n) is 12.1. The van der Waals surface area contributed by atoms with Gasteiger partial charge in [0.05, 0.1) is 12.4 Å². The SMILES string of the molecule is Cc1cc(N(CC(=O)OC(C)C)CC(=O)OC(C)(C)C#N)ccc1C=CC(=O)c1ccc(NS(C)(=O)=O)cc1. The summed E-state index contributed by atoms with van der Waals surface area (Å²) in [6, 6.07) is 13.2. The van der Waals surface area contributed by atoms with Gasteiger partial charge in [-0.05, 0) is 88.2 Å². The van der Waals surface area contributed by atoms with Crippen molar-refractivity contribution >= 4 is 45.2 Å². The maximum Gasteiger partial charge on any atom is 0.327 e. The maximum absolute atomic E-state index is 12.6. The number of esters is 2. The Hall–Kier alpha value is -4.17. The lowest BCUT2D eigenvalue weighted by Crippen LogP contribution is -2.39. The third-order valence-electron chi connectivity index (χ3n) is 5.15. The maximum atomic E-state index is 12.6. The average molecular weight is 556 g/mol. The molecule has 0 heterocycles. The molecule has 0 amide bonds. The third-order valence-corrected chi connectivity index (χ3v) is 5.76. The molecule has 208 valence electrons. The summed E-state index contributed by atoms with van der Waals surface area (Å²) >= 11 is 0. The van der Waals surface area contributed by atoms with Crippen molar-refractivity contribution in [2.24, 2.45) is 0 Å². The standard InChI is InChI=1S/C28H33N3O7S/c1-19(2)37-26(33)16-31(17-27(34)38-28(4,5)18-29)24-13-9-21(20(3)15-24)10-14-25(32)22-7-11-23(12-8-22)30-39(6,35)36/h7-15,19,30H,16-17H2,1-6H3. The molecule has 0 atom stereocenters. The van der Waals surface area contributed by atoms with Gasteiger partial charge in [0.2, 0.25) is 10.0 Å². The van der Waals surface area contributed by atoms with E-state index < -0.39 is 27.6 Å². The van der Waals surface area contributed by atoms with Crippen LogP contribution in [0, 0.1) is 18.3 Å². The fourth-order valence-corrected chi connectivity index (χ4v) is 3.98. The monoisotopic (exact) mass is 555 g/mol. The smallest absolute Gasteiger partial charge is 0.327 e. The van der Waals surface area contributed by atoms with Gasteiger partial charge in [-0.2, -0.15) is 5.26 Å². The van der Waals surface area contributed by atoms with Crippen molar-refractivity contribution in [2.45, 2.75) is 46.3 Å². The highest BCUT2D eigenvalue weighted by Crippen LogP contribution is 2.22. The number of nitriles is 1. The average Bonchev–Trinajstić information content (AvgIpc) is 2.81. The largest absolute Gasteiger partial charge is 0.462 e. The summed E-state index contributed by atoms with van der Waals surface area (Å²) in [6.45, 7) is 7.71. The quantitative estimate of drug-likeness (QED) is 0.234. The lowest BCUT2D eigenvalue weighted by atomic mass is 10.0. The second kappa shape index (κ2) is 13.1. The Morgan fingerprint density at radius 3 is 2.23 bits per heavy atom. The predicted molar refractivity (Wildman–Crippen MR) is 149 cm³/mol. The Morgan fingerprint density at radius 2 is 1.69 bits per heavy atom. The number of hydrogen-bond donors (Lipinski definition) is 1. The molecule has 39 heavy (non-hydrogen) atoms. The number of aryl methyl sites for hydroxylation is 1. The first-order valence-corrected chi connectivity index (χ1v) is 14.0. The van der Waals surface area contributed by atoms with E-state index in [2.05, 4.69) is 4.72 Å². The van der Waals surface area contributed by atoms with Crippen molar-refractivity contribution in [1.82, 2.24) is 0 Å². The number of ether oxygens (including phenoxy) is 2. The van der Waals surface area contributed by atoms with E-state index >= 15 is 0 Å². The molecule has 0 saturated heterocycles. The van der Waals surface area contributed by atoms with Crippen LogP contribution in [-0.4, -0.2) is 57.2 Å². The fourth-order valence-electron chi connectivity index (χ4n) is 3.41.